The second kappa shape index (κ2) is 36.8. The number of para-hydroxylation sites is 4. The van der Waals surface area contributed by atoms with Gasteiger partial charge in [0.15, 0.2) is 11.4 Å². The summed E-state index contributed by atoms with van der Waals surface area (Å²) >= 11 is 0. The van der Waals surface area contributed by atoms with Crippen molar-refractivity contribution in [3.05, 3.63) is 264 Å². The summed E-state index contributed by atoms with van der Waals surface area (Å²) in [4.78, 5) is 40.7. The number of carboxylic acids is 2. The monoisotopic (exact) mass is 1260 g/mol. The Morgan fingerprint density at radius 1 is 0.539 bits per heavy atom. The van der Waals surface area contributed by atoms with Crippen molar-refractivity contribution in [2.45, 2.75) is 97.3 Å². The van der Waals surface area contributed by atoms with Crippen molar-refractivity contribution in [2.75, 3.05) is 18.0 Å². The molecule has 89 heavy (non-hydrogen) atoms. The van der Waals surface area contributed by atoms with Crippen LogP contribution >= 0.6 is 12.4 Å². The molecule has 7 aromatic rings. The number of hydrogen-bond donors (Lipinski definition) is 2. The minimum atomic E-state index is -3.11. The molecule has 2 heterocycles. The van der Waals surface area contributed by atoms with E-state index >= 15 is 0 Å². The van der Waals surface area contributed by atoms with Crippen LogP contribution in [0.4, 0.5) is 22.7 Å². The smallest absolute Gasteiger partial charge is 0.425 e. The van der Waals surface area contributed by atoms with Crippen LogP contribution in [0.15, 0.2) is 230 Å². The molecule has 0 bridgehead atoms. The molecule has 0 saturated carbocycles. The first-order valence-electron chi connectivity index (χ1n) is 28.8. The molecule has 0 aliphatic carbocycles. The second-order valence-corrected chi connectivity index (χ2v) is 21.9. The fraction of sp³-hybridized carbons (Fsp3) is 0.239. The number of allylic oxidation sites excluding steroid dienone is 5. The van der Waals surface area contributed by atoms with Crippen LogP contribution in [0.1, 0.15) is 116 Å². The van der Waals surface area contributed by atoms with Gasteiger partial charge in [0.05, 0.1) is 27.6 Å². The van der Waals surface area contributed by atoms with Gasteiger partial charge < -0.3 is 10.2 Å². The molecule has 0 spiro atoms. The summed E-state index contributed by atoms with van der Waals surface area (Å²) in [6.45, 7) is 14.7. The number of carbonyl (C=O) groups excluding carboxylic acids is 1. The lowest BCUT2D eigenvalue weighted by atomic mass is 9.74. The average molecular weight is 1260 g/mol. The SMILES string of the molecule is C(/C=C/Cc1ccccc1)=Nc1ccccc1.CCCC[N+]1=C(/C=C/C=C/N(C(C)=O)c2ccccc2)C(C)(Cc2ccc(C(=O)O)cc2)c2ccccc21.CCCC[N+]1=C(C)C(C)(Cc2ccc(C(=O)O)cc2)c2ccccc21.Cl.O=S(=O)=O.O=S(=O)=O. The maximum absolute atomic E-state index is 12.3. The minimum absolute atomic E-state index is 0. The van der Waals surface area contributed by atoms with Crippen LogP contribution in [-0.2, 0) is 56.1 Å². The standard InChI is InChI=1S/C33H34N2O3.C22H25NO2.C16H15N.ClH.2O3S/c1-4-5-22-35-30-16-10-9-15-29(30)33(3,24-26-18-20-27(21-19-26)32(37)38)31(35)17-11-12-23-34(25(2)36)28-13-7-6-8-14-28;1-4-5-14-23-16(2)22(3,19-8-6-7-9-20(19)23)15-17-10-12-18(13-11-17)21(24)25;1-3-9-15(10-4-1)11-7-8-14-17-16-12-5-2-6-13-16;;2*1-4(2)3/h6-21,23H,4-5,22,24H2,1-3H3;6-13H,4-5,14-15H2,1-3H3;1-10,12-14H,11H2;1H;;/p+2/b;;8-7+,17-14?;;;. The molecule has 0 saturated heterocycles. The molecular formula is C71H77ClN4O11S2+2. The Labute approximate surface area is 531 Å². The lowest BCUT2D eigenvalue weighted by molar-refractivity contribution is -0.439. The Morgan fingerprint density at radius 3 is 1.45 bits per heavy atom. The third kappa shape index (κ3) is 21.8. The van der Waals surface area contributed by atoms with E-state index in [0.717, 1.165) is 62.1 Å². The average Bonchev–Trinajstić information content (AvgIpc) is 1.66. The summed E-state index contributed by atoms with van der Waals surface area (Å²) in [5.74, 6) is -1.85. The van der Waals surface area contributed by atoms with Crippen LogP contribution < -0.4 is 4.90 Å². The minimum Gasteiger partial charge on any atom is -0.478 e. The quantitative estimate of drug-likeness (QED) is 0.0416. The third-order valence-electron chi connectivity index (χ3n) is 15.0. The van der Waals surface area contributed by atoms with E-state index in [-0.39, 0.29) is 34.7 Å². The highest BCUT2D eigenvalue weighted by molar-refractivity contribution is 7.59. The van der Waals surface area contributed by atoms with Gasteiger partial charge in [0.25, 0.3) is 0 Å². The Balaban J connectivity index is 0.000000285. The van der Waals surface area contributed by atoms with Gasteiger partial charge in [-0.2, -0.15) is 9.15 Å². The van der Waals surface area contributed by atoms with Crippen LogP contribution in [0.5, 0.6) is 0 Å². The van der Waals surface area contributed by atoms with Crippen molar-refractivity contribution < 1.29 is 59.0 Å². The van der Waals surface area contributed by atoms with Crippen LogP contribution in [0.25, 0.3) is 0 Å². The van der Waals surface area contributed by atoms with Crippen LogP contribution in [0.2, 0.25) is 0 Å². The van der Waals surface area contributed by atoms with Crippen molar-refractivity contribution in [3.8, 4) is 0 Å². The number of rotatable bonds is 20. The number of halogens is 1. The molecule has 0 radical (unpaired) electrons. The maximum atomic E-state index is 12.3. The summed E-state index contributed by atoms with van der Waals surface area (Å²) in [5.41, 5.74) is 13.4. The number of hydrogen-bond acceptors (Lipinski definition) is 10. The van der Waals surface area contributed by atoms with Gasteiger partial charge in [0.1, 0.15) is 13.1 Å². The van der Waals surface area contributed by atoms with E-state index in [4.69, 9.17) is 30.4 Å². The Morgan fingerprint density at radius 2 is 0.966 bits per heavy atom. The zero-order valence-corrected chi connectivity index (χ0v) is 53.3. The number of unbranched alkanes of at least 4 members (excludes halogenated alkanes) is 2. The Hall–Kier alpha value is -9.29. The second-order valence-electron chi connectivity index (χ2n) is 21.1. The summed E-state index contributed by atoms with van der Waals surface area (Å²) in [6.07, 6.45) is 20.9. The number of benzene rings is 7. The van der Waals surface area contributed by atoms with E-state index in [2.05, 4.69) is 134 Å². The predicted molar refractivity (Wildman–Crippen MR) is 355 cm³/mol. The number of aliphatic imine (C=N–C) groups is 1. The van der Waals surface area contributed by atoms with Gasteiger partial charge in [-0.1, -0.05) is 166 Å². The zero-order valence-electron chi connectivity index (χ0n) is 50.9. The normalized spacial score (nSPS) is 15.3. The summed E-state index contributed by atoms with van der Waals surface area (Å²) in [6, 6.07) is 61.6. The Kier molecular flexibility index (Phi) is 29.8. The first kappa shape index (κ1) is 72.2. The highest BCUT2D eigenvalue weighted by Gasteiger charge is 2.48. The number of aromatic carboxylic acids is 2. The number of fused-ring (bicyclic) bond motifs is 2. The van der Waals surface area contributed by atoms with E-state index in [0.29, 0.717) is 5.56 Å². The molecule has 15 nitrogen and oxygen atoms in total. The van der Waals surface area contributed by atoms with Crippen LogP contribution in [0.3, 0.4) is 0 Å². The molecular weight excluding hydrogens is 1180 g/mol. The van der Waals surface area contributed by atoms with Crippen molar-refractivity contribution in [3.63, 3.8) is 0 Å². The highest BCUT2D eigenvalue weighted by atomic mass is 35.5. The first-order valence-corrected chi connectivity index (χ1v) is 30.8. The molecule has 18 heteroatoms. The number of anilines is 1. The van der Waals surface area contributed by atoms with E-state index in [1.807, 2.05) is 115 Å². The summed E-state index contributed by atoms with van der Waals surface area (Å²) in [7, 11) is -6.22. The molecule has 2 unspecified atom stereocenters. The van der Waals surface area contributed by atoms with E-state index in [1.54, 1.807) is 42.3 Å². The fourth-order valence-electron chi connectivity index (χ4n) is 10.5. The molecule has 2 aliphatic heterocycles. The molecule has 0 fully saturated rings. The van der Waals surface area contributed by atoms with E-state index < -0.39 is 33.2 Å². The number of carbonyl (C=O) groups is 3. The largest absolute Gasteiger partial charge is 0.478 e. The number of carboxylic acid groups (broad SMARTS) is 2. The van der Waals surface area contributed by atoms with E-state index in [1.165, 1.54) is 57.9 Å². The van der Waals surface area contributed by atoms with Crippen molar-refractivity contribution in [2.24, 2.45) is 4.99 Å². The van der Waals surface area contributed by atoms with Gasteiger partial charge in [-0.3, -0.25) is 14.7 Å². The molecule has 464 valence electrons. The number of amides is 1. The lowest BCUT2D eigenvalue weighted by Gasteiger charge is -2.23. The van der Waals surface area contributed by atoms with E-state index in [9.17, 15) is 19.5 Å². The van der Waals surface area contributed by atoms with Gasteiger partial charge in [0.2, 0.25) is 17.3 Å². The van der Waals surface area contributed by atoms with Crippen molar-refractivity contribution in [1.29, 1.82) is 0 Å². The van der Waals surface area contributed by atoms with Crippen molar-refractivity contribution in [1.82, 2.24) is 0 Å². The van der Waals surface area contributed by atoms with Gasteiger partial charge in [-0.15, -0.1) is 37.7 Å². The predicted octanol–water partition coefficient (Wildman–Crippen LogP) is 14.3. The van der Waals surface area contributed by atoms with Gasteiger partial charge in [0, 0.05) is 74.1 Å². The summed E-state index contributed by atoms with van der Waals surface area (Å²) in [5, 5.41) is 18.4. The van der Waals surface area contributed by atoms with Crippen LogP contribution in [0, 0.1) is 0 Å². The highest BCUT2D eigenvalue weighted by Crippen LogP contribution is 2.44. The van der Waals surface area contributed by atoms with Gasteiger partial charge >= 0.3 is 33.2 Å². The molecule has 1 amide bonds. The molecule has 0 aromatic heterocycles. The molecule has 7 aromatic carbocycles. The Bertz CT molecular complexity index is 3860. The topological polar surface area (TPSA) is 216 Å². The summed E-state index contributed by atoms with van der Waals surface area (Å²) < 4.78 is 55.5. The van der Waals surface area contributed by atoms with Crippen molar-refractivity contribution >= 4 is 91.9 Å². The van der Waals surface area contributed by atoms with Gasteiger partial charge in [-0.25, -0.2) is 9.59 Å². The number of nitrogens with zero attached hydrogens (tertiary/aromatic N) is 4. The fourth-order valence-corrected chi connectivity index (χ4v) is 10.5. The molecule has 2 atom stereocenters. The zero-order chi connectivity index (χ0) is 64.1. The van der Waals surface area contributed by atoms with Crippen LogP contribution in [-0.4, -0.2) is 93.2 Å². The maximum Gasteiger partial charge on any atom is 0.425 e. The molecule has 9 rings (SSSR count). The first-order chi connectivity index (χ1) is 42.2. The molecule has 2 N–H and O–H groups in total. The van der Waals surface area contributed by atoms with Gasteiger partial charge in [-0.05, 0) is 110 Å². The lowest BCUT2D eigenvalue weighted by Crippen LogP contribution is -2.33. The molecule has 2 aliphatic rings. The third-order valence-corrected chi connectivity index (χ3v) is 15.0.